The van der Waals surface area contributed by atoms with E-state index in [1.807, 2.05) is 54.6 Å². The van der Waals surface area contributed by atoms with E-state index in [9.17, 15) is 4.79 Å². The Balaban J connectivity index is 1.30. The average molecular weight is 582 g/mol. The van der Waals surface area contributed by atoms with Crippen molar-refractivity contribution in [2.24, 2.45) is 0 Å². The van der Waals surface area contributed by atoms with Crippen LogP contribution in [-0.4, -0.2) is 34.9 Å². The van der Waals surface area contributed by atoms with Gasteiger partial charge in [0.1, 0.15) is 34.8 Å². The van der Waals surface area contributed by atoms with Crippen molar-refractivity contribution in [1.29, 1.82) is 0 Å². The molecule has 1 amide bonds. The Bertz CT molecular complexity index is 1280. The molecule has 0 N–H and O–H groups in total. The number of carbonyl (C=O) groups excluding carboxylic acids is 1. The lowest BCUT2D eigenvalue weighted by molar-refractivity contribution is -0.122. The smallest absolute Gasteiger partial charge is 0.266 e. The molecule has 8 heteroatoms. The predicted molar refractivity (Wildman–Crippen MR) is 164 cm³/mol. The molecule has 1 aliphatic rings. The molecule has 1 heterocycles. The van der Waals surface area contributed by atoms with Crippen LogP contribution >= 0.6 is 35.6 Å². The van der Waals surface area contributed by atoms with E-state index in [1.165, 1.54) is 31.0 Å². The Morgan fingerprint density at radius 2 is 1.56 bits per heavy atom. The molecule has 0 spiro atoms. The Kier molecular flexibility index (Phi) is 11.1. The summed E-state index contributed by atoms with van der Waals surface area (Å²) in [6, 6.07) is 22.8. The first-order chi connectivity index (χ1) is 19.0. The van der Waals surface area contributed by atoms with Crippen molar-refractivity contribution in [1.82, 2.24) is 4.90 Å². The number of amides is 1. The molecule has 1 fully saturated rings. The van der Waals surface area contributed by atoms with Crippen LogP contribution < -0.4 is 14.2 Å². The van der Waals surface area contributed by atoms with Gasteiger partial charge < -0.3 is 14.2 Å². The summed E-state index contributed by atoms with van der Waals surface area (Å²) in [6.45, 7) is 4.05. The van der Waals surface area contributed by atoms with Gasteiger partial charge in [0.05, 0.1) is 18.1 Å². The fourth-order valence-electron chi connectivity index (χ4n) is 3.97. The Hall–Kier alpha value is -3.00. The first kappa shape index (κ1) is 29.0. The van der Waals surface area contributed by atoms with Crippen LogP contribution in [0.15, 0.2) is 77.7 Å². The van der Waals surface area contributed by atoms with Gasteiger partial charge in [-0.25, -0.2) is 0 Å². The first-order valence-electron chi connectivity index (χ1n) is 13.1. The van der Waals surface area contributed by atoms with Gasteiger partial charge >= 0.3 is 0 Å². The minimum Gasteiger partial charge on any atom is -0.494 e. The summed E-state index contributed by atoms with van der Waals surface area (Å²) in [7, 11) is 0. The minimum atomic E-state index is -0.128. The fraction of sp³-hybridized carbons (Fsp3) is 0.290. The van der Waals surface area contributed by atoms with Crippen molar-refractivity contribution < 1.29 is 19.0 Å². The van der Waals surface area contributed by atoms with Crippen molar-refractivity contribution in [3.05, 3.63) is 93.9 Å². The number of halogens is 1. The summed E-state index contributed by atoms with van der Waals surface area (Å²) in [4.78, 5) is 15.3. The second kappa shape index (κ2) is 15.0. The molecule has 5 nitrogen and oxygen atoms in total. The van der Waals surface area contributed by atoms with Crippen LogP contribution in [0.25, 0.3) is 6.08 Å². The maximum atomic E-state index is 13.1. The molecule has 0 saturated carbocycles. The molecule has 0 aromatic heterocycles. The largest absolute Gasteiger partial charge is 0.494 e. The summed E-state index contributed by atoms with van der Waals surface area (Å²) in [6.07, 6.45) is 6.50. The summed E-state index contributed by atoms with van der Waals surface area (Å²) in [5.74, 6) is 2.07. The molecule has 1 aliphatic heterocycles. The van der Waals surface area contributed by atoms with Gasteiger partial charge in [-0.05, 0) is 60.5 Å². The molecule has 0 aliphatic carbocycles. The van der Waals surface area contributed by atoms with E-state index in [-0.39, 0.29) is 5.91 Å². The van der Waals surface area contributed by atoms with Crippen LogP contribution in [0.1, 0.15) is 43.7 Å². The highest BCUT2D eigenvalue weighted by Gasteiger charge is 2.32. The Labute approximate surface area is 245 Å². The van der Waals surface area contributed by atoms with Gasteiger partial charge in [-0.1, -0.05) is 92.1 Å². The SMILES string of the molecule is CCCCCCOc1ccc(OCCOc2ccc(Cl)cc2C=C2SC(=S)N(Cc3ccccc3)C2=O)cc1. The van der Waals surface area contributed by atoms with E-state index in [1.54, 1.807) is 29.2 Å². The topological polar surface area (TPSA) is 48.0 Å². The van der Waals surface area contributed by atoms with E-state index in [0.717, 1.165) is 30.1 Å². The molecule has 3 aromatic rings. The van der Waals surface area contributed by atoms with E-state index in [0.29, 0.717) is 45.3 Å². The maximum absolute atomic E-state index is 13.1. The lowest BCUT2D eigenvalue weighted by Gasteiger charge is -2.14. The number of hydrogen-bond acceptors (Lipinski definition) is 6. The van der Waals surface area contributed by atoms with Gasteiger partial charge in [0.25, 0.3) is 5.91 Å². The highest BCUT2D eigenvalue weighted by Crippen LogP contribution is 2.36. The highest BCUT2D eigenvalue weighted by molar-refractivity contribution is 8.26. The third-order valence-electron chi connectivity index (χ3n) is 6.02. The third-order valence-corrected chi connectivity index (χ3v) is 7.63. The molecule has 0 bridgehead atoms. The summed E-state index contributed by atoms with van der Waals surface area (Å²) in [5, 5.41) is 0.553. The van der Waals surface area contributed by atoms with Crippen LogP contribution in [0.4, 0.5) is 0 Å². The lowest BCUT2D eigenvalue weighted by atomic mass is 10.1. The van der Waals surface area contributed by atoms with Crippen LogP contribution in [-0.2, 0) is 11.3 Å². The van der Waals surface area contributed by atoms with Crippen molar-refractivity contribution in [2.75, 3.05) is 19.8 Å². The van der Waals surface area contributed by atoms with Gasteiger partial charge in [-0.15, -0.1) is 0 Å². The summed E-state index contributed by atoms with van der Waals surface area (Å²) in [5.41, 5.74) is 1.73. The normalized spacial score (nSPS) is 14.2. The first-order valence-corrected chi connectivity index (χ1v) is 14.7. The van der Waals surface area contributed by atoms with Crippen molar-refractivity contribution >= 4 is 51.9 Å². The van der Waals surface area contributed by atoms with Crippen LogP contribution in [0, 0.1) is 0 Å². The standard InChI is InChI=1S/C31H32ClNO4S2/c1-2-3-4-8-17-35-26-12-14-27(15-13-26)36-18-19-37-28-16-11-25(32)20-24(28)21-29-30(34)33(31(38)39-29)22-23-9-6-5-7-10-23/h5-7,9-16,20-21H,2-4,8,17-19,22H2,1H3. The zero-order valence-corrected chi connectivity index (χ0v) is 24.3. The molecule has 39 heavy (non-hydrogen) atoms. The zero-order chi connectivity index (χ0) is 27.5. The van der Waals surface area contributed by atoms with E-state index in [2.05, 4.69) is 6.92 Å². The van der Waals surface area contributed by atoms with Gasteiger partial charge in [0.15, 0.2) is 0 Å². The fourth-order valence-corrected chi connectivity index (χ4v) is 5.40. The second-order valence-electron chi connectivity index (χ2n) is 9.01. The van der Waals surface area contributed by atoms with Gasteiger partial charge in [0, 0.05) is 10.6 Å². The van der Waals surface area contributed by atoms with Gasteiger partial charge in [-0.2, -0.15) is 0 Å². The number of thiocarbonyl (C=S) groups is 1. The molecule has 0 atom stereocenters. The van der Waals surface area contributed by atoms with Crippen molar-refractivity contribution in [3.63, 3.8) is 0 Å². The quantitative estimate of drug-likeness (QED) is 0.109. The van der Waals surface area contributed by atoms with E-state index in [4.69, 9.17) is 38.0 Å². The molecule has 0 radical (unpaired) electrons. The number of carbonyl (C=O) groups is 1. The third kappa shape index (κ3) is 8.75. The van der Waals surface area contributed by atoms with Crippen LogP contribution in [0.3, 0.4) is 0 Å². The number of thioether (sulfide) groups is 1. The van der Waals surface area contributed by atoms with Crippen LogP contribution in [0.5, 0.6) is 17.2 Å². The molecular formula is C31H32ClNO4S2. The van der Waals surface area contributed by atoms with Gasteiger partial charge in [0.2, 0.25) is 0 Å². The number of benzene rings is 3. The number of ether oxygens (including phenoxy) is 3. The summed E-state index contributed by atoms with van der Waals surface area (Å²) >= 11 is 13.0. The molecule has 204 valence electrons. The molecular weight excluding hydrogens is 550 g/mol. The summed E-state index contributed by atoms with van der Waals surface area (Å²) < 4.78 is 18.1. The lowest BCUT2D eigenvalue weighted by Crippen LogP contribution is -2.27. The van der Waals surface area contributed by atoms with E-state index < -0.39 is 0 Å². The Morgan fingerprint density at radius 3 is 2.28 bits per heavy atom. The number of rotatable bonds is 14. The molecule has 1 saturated heterocycles. The maximum Gasteiger partial charge on any atom is 0.266 e. The molecule has 0 unspecified atom stereocenters. The second-order valence-corrected chi connectivity index (χ2v) is 11.1. The highest BCUT2D eigenvalue weighted by atomic mass is 35.5. The monoisotopic (exact) mass is 581 g/mol. The van der Waals surface area contributed by atoms with E-state index >= 15 is 0 Å². The number of hydrogen-bond donors (Lipinski definition) is 0. The zero-order valence-electron chi connectivity index (χ0n) is 21.9. The minimum absolute atomic E-state index is 0.128. The number of nitrogens with zero attached hydrogens (tertiary/aromatic N) is 1. The van der Waals surface area contributed by atoms with Crippen molar-refractivity contribution in [2.45, 2.75) is 39.2 Å². The molecule has 3 aromatic carbocycles. The average Bonchev–Trinajstić information content (AvgIpc) is 3.20. The Morgan fingerprint density at radius 1 is 0.872 bits per heavy atom. The van der Waals surface area contributed by atoms with Gasteiger partial charge in [-0.3, -0.25) is 9.69 Å². The van der Waals surface area contributed by atoms with Crippen molar-refractivity contribution in [3.8, 4) is 17.2 Å². The number of unbranched alkanes of at least 4 members (excludes halogenated alkanes) is 3. The molecule has 4 rings (SSSR count). The predicted octanol–water partition coefficient (Wildman–Crippen LogP) is 8.16. The van der Waals surface area contributed by atoms with Crippen LogP contribution in [0.2, 0.25) is 5.02 Å².